The number of nitrogens with zero attached hydrogens (tertiary/aromatic N) is 2. The number of carbonyl (C=O) groups excluding carboxylic acids is 1. The van der Waals surface area contributed by atoms with Gasteiger partial charge in [0, 0.05) is 24.2 Å². The van der Waals surface area contributed by atoms with Crippen LogP contribution in [0.5, 0.6) is 11.5 Å². The first-order valence-electron chi connectivity index (χ1n) is 10.5. The molecule has 0 spiro atoms. The number of benzene rings is 1. The summed E-state index contributed by atoms with van der Waals surface area (Å²) in [5, 5.41) is 10.3. The van der Waals surface area contributed by atoms with Crippen LogP contribution in [-0.4, -0.2) is 60.9 Å². The normalized spacial score (nSPS) is 22.0. The summed E-state index contributed by atoms with van der Waals surface area (Å²) in [6.07, 6.45) is 6.29. The molecule has 2 saturated heterocycles. The van der Waals surface area contributed by atoms with Crippen molar-refractivity contribution < 1.29 is 14.3 Å². The van der Waals surface area contributed by atoms with Gasteiger partial charge >= 0.3 is 0 Å². The Balaban J connectivity index is 1.41. The molecule has 2 fully saturated rings. The molecule has 1 aromatic heterocycles. The first-order valence-corrected chi connectivity index (χ1v) is 10.5. The van der Waals surface area contributed by atoms with Crippen molar-refractivity contribution in [3.05, 3.63) is 30.0 Å². The van der Waals surface area contributed by atoms with Gasteiger partial charge in [-0.25, -0.2) is 0 Å². The zero-order valence-corrected chi connectivity index (χ0v) is 17.2. The number of carbonyl (C=O) groups is 1. The van der Waals surface area contributed by atoms with Gasteiger partial charge in [-0.3, -0.25) is 9.89 Å². The zero-order valence-electron chi connectivity index (χ0n) is 17.2. The van der Waals surface area contributed by atoms with Crippen molar-refractivity contribution in [1.82, 2.24) is 20.4 Å². The highest BCUT2D eigenvalue weighted by molar-refractivity contribution is 5.93. The Labute approximate surface area is 171 Å². The van der Waals surface area contributed by atoms with Crippen LogP contribution in [0.25, 0.3) is 11.3 Å². The summed E-state index contributed by atoms with van der Waals surface area (Å²) in [7, 11) is 3.22. The maximum absolute atomic E-state index is 12.7. The number of fused-ring (bicyclic) bond motifs is 1. The second kappa shape index (κ2) is 8.86. The van der Waals surface area contributed by atoms with E-state index < -0.39 is 0 Å². The van der Waals surface area contributed by atoms with Crippen LogP contribution in [0.4, 0.5) is 0 Å². The van der Waals surface area contributed by atoms with E-state index in [-0.39, 0.29) is 5.91 Å². The van der Waals surface area contributed by atoms with E-state index in [1.54, 1.807) is 20.3 Å². The maximum Gasteiger partial charge on any atom is 0.269 e. The lowest BCUT2D eigenvalue weighted by atomic mass is 9.83. The van der Waals surface area contributed by atoms with Crippen LogP contribution < -0.4 is 14.8 Å². The van der Waals surface area contributed by atoms with Gasteiger partial charge in [-0.05, 0) is 62.9 Å². The quantitative estimate of drug-likeness (QED) is 0.782. The van der Waals surface area contributed by atoms with E-state index >= 15 is 0 Å². The number of hydrogen-bond acceptors (Lipinski definition) is 5. The van der Waals surface area contributed by atoms with Crippen molar-refractivity contribution in [2.24, 2.45) is 5.92 Å². The second-order valence-electron chi connectivity index (χ2n) is 7.94. The van der Waals surface area contributed by atoms with Crippen molar-refractivity contribution in [2.75, 3.05) is 33.9 Å². The van der Waals surface area contributed by atoms with Gasteiger partial charge in [-0.2, -0.15) is 5.10 Å². The number of hydrogen-bond donors (Lipinski definition) is 2. The van der Waals surface area contributed by atoms with Gasteiger partial charge in [-0.15, -0.1) is 0 Å². The fourth-order valence-electron chi connectivity index (χ4n) is 4.72. The van der Waals surface area contributed by atoms with E-state index in [0.29, 0.717) is 34.8 Å². The topological polar surface area (TPSA) is 79.5 Å². The van der Waals surface area contributed by atoms with Crippen LogP contribution in [0.1, 0.15) is 42.6 Å². The predicted molar refractivity (Wildman–Crippen MR) is 111 cm³/mol. The average Bonchev–Trinajstić information content (AvgIpc) is 3.27. The summed E-state index contributed by atoms with van der Waals surface area (Å²) >= 11 is 0. The third-order valence-corrected chi connectivity index (χ3v) is 6.26. The number of H-pyrrole nitrogens is 1. The smallest absolute Gasteiger partial charge is 0.269 e. The summed E-state index contributed by atoms with van der Waals surface area (Å²) in [5.74, 6) is 1.80. The largest absolute Gasteiger partial charge is 0.497 e. The van der Waals surface area contributed by atoms with E-state index in [0.717, 1.165) is 12.1 Å². The molecule has 3 heterocycles. The number of piperidine rings is 2. The fraction of sp³-hybridized carbons (Fsp3) is 0.545. The summed E-state index contributed by atoms with van der Waals surface area (Å²) in [4.78, 5) is 15.3. The second-order valence-corrected chi connectivity index (χ2v) is 7.94. The van der Waals surface area contributed by atoms with Gasteiger partial charge in [0.15, 0.2) is 0 Å². The van der Waals surface area contributed by atoms with Crippen molar-refractivity contribution in [1.29, 1.82) is 0 Å². The SMILES string of the molecule is COc1ccc(-c2cc(C(=O)NC[C@H]3CCCN4CCCC[C@@H]34)[nH]n2)c(OC)c1. The summed E-state index contributed by atoms with van der Waals surface area (Å²) in [5.41, 5.74) is 1.95. The fourth-order valence-corrected chi connectivity index (χ4v) is 4.72. The predicted octanol–water partition coefficient (Wildman–Crippen LogP) is 3.09. The minimum atomic E-state index is -0.107. The number of methoxy groups -OCH3 is 2. The molecule has 0 saturated carbocycles. The third kappa shape index (κ3) is 4.24. The Bertz CT molecular complexity index is 848. The molecule has 0 bridgehead atoms. The molecule has 1 amide bonds. The van der Waals surface area contributed by atoms with Crippen molar-refractivity contribution in [3.63, 3.8) is 0 Å². The van der Waals surface area contributed by atoms with Crippen LogP contribution in [0.2, 0.25) is 0 Å². The van der Waals surface area contributed by atoms with Crippen LogP contribution in [0.3, 0.4) is 0 Å². The zero-order chi connectivity index (χ0) is 20.2. The molecule has 4 rings (SSSR count). The molecule has 2 aromatic rings. The lowest BCUT2D eigenvalue weighted by molar-refractivity contribution is 0.0575. The summed E-state index contributed by atoms with van der Waals surface area (Å²) < 4.78 is 10.7. The molecule has 1 aromatic carbocycles. The lowest BCUT2D eigenvalue weighted by Crippen LogP contribution is -2.51. The van der Waals surface area contributed by atoms with Gasteiger partial charge in [0.25, 0.3) is 5.91 Å². The molecule has 0 radical (unpaired) electrons. The molecule has 2 atom stereocenters. The Hall–Kier alpha value is -2.54. The molecule has 156 valence electrons. The van der Waals surface area contributed by atoms with E-state index in [2.05, 4.69) is 20.4 Å². The lowest BCUT2D eigenvalue weighted by Gasteiger charge is -2.44. The molecule has 0 aliphatic carbocycles. The van der Waals surface area contributed by atoms with Gasteiger partial charge in [0.1, 0.15) is 17.2 Å². The van der Waals surface area contributed by atoms with E-state index in [1.165, 1.54) is 45.2 Å². The number of ether oxygens (including phenoxy) is 2. The van der Waals surface area contributed by atoms with Gasteiger partial charge < -0.3 is 19.7 Å². The van der Waals surface area contributed by atoms with Gasteiger partial charge in [-0.1, -0.05) is 6.42 Å². The van der Waals surface area contributed by atoms with Crippen molar-refractivity contribution >= 4 is 5.91 Å². The Morgan fingerprint density at radius 2 is 2.03 bits per heavy atom. The minimum Gasteiger partial charge on any atom is -0.497 e. The van der Waals surface area contributed by atoms with Crippen LogP contribution >= 0.6 is 0 Å². The molecule has 7 nitrogen and oxygen atoms in total. The Morgan fingerprint density at radius 1 is 1.17 bits per heavy atom. The number of aromatic nitrogens is 2. The number of amides is 1. The maximum atomic E-state index is 12.7. The highest BCUT2D eigenvalue weighted by atomic mass is 16.5. The van der Waals surface area contributed by atoms with E-state index in [1.807, 2.05) is 18.2 Å². The highest BCUT2D eigenvalue weighted by Gasteiger charge is 2.33. The number of rotatable bonds is 6. The number of aromatic amines is 1. The minimum absolute atomic E-state index is 0.107. The Kier molecular flexibility index (Phi) is 6.04. The summed E-state index contributed by atoms with van der Waals surface area (Å²) in [6, 6.07) is 7.94. The van der Waals surface area contributed by atoms with E-state index in [9.17, 15) is 4.79 Å². The molecule has 0 unspecified atom stereocenters. The molecule has 2 aliphatic heterocycles. The molecule has 2 N–H and O–H groups in total. The molecular formula is C22H30N4O3. The van der Waals surface area contributed by atoms with Gasteiger partial charge in [0.05, 0.1) is 19.9 Å². The van der Waals surface area contributed by atoms with Crippen molar-refractivity contribution in [2.45, 2.75) is 38.1 Å². The standard InChI is InChI=1S/C22H30N4O3/c1-28-16-8-9-17(21(12-16)29-2)18-13-19(25-24-18)22(27)23-14-15-6-5-11-26-10-4-3-7-20(15)26/h8-9,12-13,15,20H,3-7,10-11,14H2,1-2H3,(H,23,27)(H,24,25)/t15-,20+/m1/s1. The monoisotopic (exact) mass is 398 g/mol. The molecule has 2 aliphatic rings. The number of nitrogens with one attached hydrogen (secondary N) is 2. The summed E-state index contributed by atoms with van der Waals surface area (Å²) in [6.45, 7) is 3.14. The molecule has 7 heteroatoms. The van der Waals surface area contributed by atoms with Crippen LogP contribution in [-0.2, 0) is 0 Å². The molecule has 29 heavy (non-hydrogen) atoms. The average molecular weight is 399 g/mol. The van der Waals surface area contributed by atoms with Gasteiger partial charge in [0.2, 0.25) is 0 Å². The third-order valence-electron chi connectivity index (χ3n) is 6.26. The Morgan fingerprint density at radius 3 is 2.86 bits per heavy atom. The van der Waals surface area contributed by atoms with Crippen LogP contribution in [0.15, 0.2) is 24.3 Å². The first-order chi connectivity index (χ1) is 14.2. The first kappa shape index (κ1) is 19.8. The van der Waals surface area contributed by atoms with E-state index in [4.69, 9.17) is 9.47 Å². The van der Waals surface area contributed by atoms with Crippen LogP contribution in [0, 0.1) is 5.92 Å². The van der Waals surface area contributed by atoms with Crippen molar-refractivity contribution in [3.8, 4) is 22.8 Å². The molecular weight excluding hydrogens is 368 g/mol. The highest BCUT2D eigenvalue weighted by Crippen LogP contribution is 2.33.